The molecular weight excluding hydrogens is 414 g/mol. The number of carbonyl (C=O) groups is 3. The molecule has 0 aromatic heterocycles. The second kappa shape index (κ2) is 9.95. The first-order chi connectivity index (χ1) is 14.2. The number of carboxylic acid groups (broad SMARTS) is 1. The molecule has 0 bridgehead atoms. The van der Waals surface area contributed by atoms with Gasteiger partial charge in [-0.1, -0.05) is 23.7 Å². The van der Waals surface area contributed by atoms with Crippen LogP contribution < -0.4 is 20.5 Å². The first-order valence-electron chi connectivity index (χ1n) is 8.30. The number of rotatable bonds is 7. The summed E-state index contributed by atoms with van der Waals surface area (Å²) in [4.78, 5) is 33.5. The van der Waals surface area contributed by atoms with Gasteiger partial charge < -0.3 is 20.3 Å². The van der Waals surface area contributed by atoms with E-state index >= 15 is 0 Å². The first kappa shape index (κ1) is 22.3. The molecule has 0 saturated carbocycles. The molecule has 0 radical (unpaired) electrons. The predicted octanol–water partition coefficient (Wildman–Crippen LogP) is 2.73. The molecule has 0 heterocycles. The SMILES string of the molecule is COc1cc(/C=C(/C#N)C(=O)NC(N)=O)cc(Cl)c1OCc1ccc(C(=O)O)cc1. The van der Waals surface area contributed by atoms with E-state index in [0.29, 0.717) is 11.1 Å². The number of amides is 3. The van der Waals surface area contributed by atoms with Crippen LogP contribution in [0.2, 0.25) is 5.02 Å². The molecule has 154 valence electrons. The van der Waals surface area contributed by atoms with Crippen molar-refractivity contribution in [3.63, 3.8) is 0 Å². The number of imide groups is 1. The fourth-order valence-corrected chi connectivity index (χ4v) is 2.63. The largest absolute Gasteiger partial charge is 0.493 e. The molecule has 30 heavy (non-hydrogen) atoms. The predicted molar refractivity (Wildman–Crippen MR) is 107 cm³/mol. The molecule has 0 aliphatic rings. The summed E-state index contributed by atoms with van der Waals surface area (Å²) in [6, 6.07) is 9.64. The monoisotopic (exact) mass is 429 g/mol. The van der Waals surface area contributed by atoms with E-state index in [-0.39, 0.29) is 34.3 Å². The lowest BCUT2D eigenvalue weighted by Crippen LogP contribution is -2.35. The fraction of sp³-hybridized carbons (Fsp3) is 0.100. The third-order valence-electron chi connectivity index (χ3n) is 3.75. The van der Waals surface area contributed by atoms with Gasteiger partial charge >= 0.3 is 12.0 Å². The van der Waals surface area contributed by atoms with Crippen LogP contribution in [0.3, 0.4) is 0 Å². The van der Waals surface area contributed by atoms with E-state index in [2.05, 4.69) is 0 Å². The summed E-state index contributed by atoms with van der Waals surface area (Å²) in [5.41, 5.74) is 5.73. The molecule has 0 fully saturated rings. The number of benzene rings is 2. The highest BCUT2D eigenvalue weighted by Crippen LogP contribution is 2.37. The van der Waals surface area contributed by atoms with Crippen molar-refractivity contribution in [1.29, 1.82) is 5.26 Å². The van der Waals surface area contributed by atoms with Crippen LogP contribution in [0.4, 0.5) is 4.79 Å². The highest BCUT2D eigenvalue weighted by atomic mass is 35.5. The van der Waals surface area contributed by atoms with Crippen molar-refractivity contribution >= 4 is 35.6 Å². The van der Waals surface area contributed by atoms with Crippen molar-refractivity contribution in [2.24, 2.45) is 5.73 Å². The number of aromatic carboxylic acids is 1. The van der Waals surface area contributed by atoms with E-state index in [4.69, 9.17) is 37.2 Å². The lowest BCUT2D eigenvalue weighted by Gasteiger charge is -2.13. The number of nitrogens with two attached hydrogens (primary N) is 1. The van der Waals surface area contributed by atoms with Crippen molar-refractivity contribution in [2.45, 2.75) is 6.61 Å². The Labute approximate surface area is 176 Å². The number of carboxylic acids is 1. The molecule has 2 rings (SSSR count). The van der Waals surface area contributed by atoms with Crippen molar-refractivity contribution in [3.8, 4) is 17.6 Å². The van der Waals surface area contributed by atoms with Crippen LogP contribution >= 0.6 is 11.6 Å². The summed E-state index contributed by atoms with van der Waals surface area (Å²) < 4.78 is 11.0. The number of nitrogens with one attached hydrogen (secondary N) is 1. The van der Waals surface area contributed by atoms with Gasteiger partial charge in [0.05, 0.1) is 17.7 Å². The number of nitrogens with zero attached hydrogens (tertiary/aromatic N) is 1. The van der Waals surface area contributed by atoms with Gasteiger partial charge in [0, 0.05) is 0 Å². The van der Waals surface area contributed by atoms with E-state index < -0.39 is 17.9 Å². The summed E-state index contributed by atoms with van der Waals surface area (Å²) in [5.74, 6) is -1.52. The van der Waals surface area contributed by atoms with Crippen molar-refractivity contribution < 1.29 is 29.0 Å². The Bertz CT molecular complexity index is 1060. The lowest BCUT2D eigenvalue weighted by atomic mass is 10.1. The number of carbonyl (C=O) groups excluding carboxylic acids is 2. The van der Waals surface area contributed by atoms with E-state index in [1.807, 2.05) is 0 Å². The number of primary amides is 1. The molecular formula is C20H16ClN3O6. The number of halogens is 1. The lowest BCUT2D eigenvalue weighted by molar-refractivity contribution is -0.115. The minimum absolute atomic E-state index is 0.0929. The zero-order chi connectivity index (χ0) is 22.3. The number of nitriles is 1. The van der Waals surface area contributed by atoms with Crippen LogP contribution in [0.25, 0.3) is 6.08 Å². The summed E-state index contributed by atoms with van der Waals surface area (Å²) in [7, 11) is 1.39. The van der Waals surface area contributed by atoms with Gasteiger partial charge in [-0.2, -0.15) is 5.26 Å². The normalized spacial score (nSPS) is 10.6. The molecule has 4 N–H and O–H groups in total. The first-order valence-corrected chi connectivity index (χ1v) is 8.68. The Kier molecular flexibility index (Phi) is 7.38. The number of hydrogen-bond acceptors (Lipinski definition) is 6. The topological polar surface area (TPSA) is 152 Å². The average Bonchev–Trinajstić information content (AvgIpc) is 2.70. The minimum atomic E-state index is -1.09. The molecule has 3 amide bonds. The zero-order valence-electron chi connectivity index (χ0n) is 15.6. The second-order valence-corrected chi connectivity index (χ2v) is 6.22. The zero-order valence-corrected chi connectivity index (χ0v) is 16.4. The van der Waals surface area contributed by atoms with Crippen LogP contribution in [0.1, 0.15) is 21.5 Å². The van der Waals surface area contributed by atoms with Gasteiger partial charge in [-0.3, -0.25) is 10.1 Å². The summed E-state index contributed by atoms with van der Waals surface area (Å²) in [6.07, 6.45) is 1.21. The van der Waals surface area contributed by atoms with Crippen LogP contribution in [0.5, 0.6) is 11.5 Å². The molecule has 0 spiro atoms. The maximum absolute atomic E-state index is 11.8. The Balaban J connectivity index is 2.25. The number of urea groups is 1. The molecule has 0 atom stereocenters. The third kappa shape index (κ3) is 5.73. The van der Waals surface area contributed by atoms with Gasteiger partial charge in [-0.05, 0) is 41.5 Å². The molecule has 0 unspecified atom stereocenters. The van der Waals surface area contributed by atoms with Crippen molar-refractivity contribution in [2.75, 3.05) is 7.11 Å². The Morgan fingerprint density at radius 1 is 1.27 bits per heavy atom. The molecule has 2 aromatic rings. The summed E-state index contributed by atoms with van der Waals surface area (Å²) in [5, 5.41) is 20.0. The molecule has 0 aliphatic heterocycles. The highest BCUT2D eigenvalue weighted by molar-refractivity contribution is 6.32. The quantitative estimate of drug-likeness (QED) is 0.452. The third-order valence-corrected chi connectivity index (χ3v) is 4.03. The van der Waals surface area contributed by atoms with Crippen molar-refractivity contribution in [1.82, 2.24) is 5.32 Å². The van der Waals surface area contributed by atoms with Crippen molar-refractivity contribution in [3.05, 3.63) is 63.7 Å². The molecule has 0 aliphatic carbocycles. The van der Waals surface area contributed by atoms with Gasteiger partial charge in [0.1, 0.15) is 18.2 Å². The standard InChI is InChI=1S/C20H16ClN3O6/c1-29-16-8-12(6-14(9-22)18(25)24-20(23)28)7-15(21)17(16)30-10-11-2-4-13(5-3-11)19(26)27/h2-8H,10H2,1H3,(H,26,27)(H3,23,24,25,28)/b14-6-. The van der Waals surface area contributed by atoms with Crippen LogP contribution in [-0.4, -0.2) is 30.1 Å². The Morgan fingerprint density at radius 2 is 1.93 bits per heavy atom. The van der Waals surface area contributed by atoms with Crippen LogP contribution in [-0.2, 0) is 11.4 Å². The summed E-state index contributed by atoms with van der Waals surface area (Å²) >= 11 is 6.27. The molecule has 0 saturated heterocycles. The highest BCUT2D eigenvalue weighted by Gasteiger charge is 2.15. The molecule has 10 heteroatoms. The number of methoxy groups -OCH3 is 1. The van der Waals surface area contributed by atoms with Crippen LogP contribution in [0, 0.1) is 11.3 Å². The van der Waals surface area contributed by atoms with E-state index in [9.17, 15) is 14.4 Å². The summed E-state index contributed by atoms with van der Waals surface area (Å²) in [6.45, 7) is 0.0929. The smallest absolute Gasteiger partial charge is 0.335 e. The van der Waals surface area contributed by atoms with Gasteiger partial charge in [-0.25, -0.2) is 9.59 Å². The van der Waals surface area contributed by atoms with Crippen LogP contribution in [0.15, 0.2) is 42.0 Å². The second-order valence-electron chi connectivity index (χ2n) is 5.81. The molecule has 9 nitrogen and oxygen atoms in total. The van der Waals surface area contributed by atoms with E-state index in [1.165, 1.54) is 37.5 Å². The number of ether oxygens (including phenoxy) is 2. The average molecular weight is 430 g/mol. The maximum atomic E-state index is 11.8. The Hall–Kier alpha value is -4.03. The van der Waals surface area contributed by atoms with Gasteiger partial charge in [0.2, 0.25) is 0 Å². The minimum Gasteiger partial charge on any atom is -0.493 e. The Morgan fingerprint density at radius 3 is 2.47 bits per heavy atom. The van der Waals surface area contributed by atoms with Gasteiger partial charge in [0.15, 0.2) is 11.5 Å². The number of hydrogen-bond donors (Lipinski definition) is 3. The fourth-order valence-electron chi connectivity index (χ4n) is 2.36. The van der Waals surface area contributed by atoms with E-state index in [0.717, 1.165) is 0 Å². The van der Waals surface area contributed by atoms with Gasteiger partial charge in [-0.15, -0.1) is 0 Å². The maximum Gasteiger partial charge on any atom is 0.335 e. The van der Waals surface area contributed by atoms with Gasteiger partial charge in [0.25, 0.3) is 5.91 Å². The van der Waals surface area contributed by atoms with E-state index in [1.54, 1.807) is 23.5 Å². The molecule has 2 aromatic carbocycles.